The second-order valence-electron chi connectivity index (χ2n) is 10.2. The smallest absolute Gasteiger partial charge is 0.272 e. The van der Waals surface area contributed by atoms with Gasteiger partial charge in [0.2, 0.25) is 0 Å². The summed E-state index contributed by atoms with van der Waals surface area (Å²) >= 11 is 7.02. The van der Waals surface area contributed by atoms with Crippen LogP contribution in [-0.2, 0) is 18.0 Å². The number of hydrogen-bond donors (Lipinski definition) is 0. The molecule has 0 radical (unpaired) electrons. The highest BCUT2D eigenvalue weighted by Gasteiger charge is 2.35. The first-order chi connectivity index (χ1) is 20.0. The first-order valence-electron chi connectivity index (χ1n) is 13.8. The Kier molecular flexibility index (Phi) is 9.31. The summed E-state index contributed by atoms with van der Waals surface area (Å²) in [6.45, 7) is 4.17. The Bertz CT molecular complexity index is 1370. The van der Waals surface area contributed by atoms with Crippen molar-refractivity contribution in [2.24, 2.45) is 4.99 Å². The van der Waals surface area contributed by atoms with E-state index in [1.165, 1.54) is 0 Å². The molecule has 3 aliphatic heterocycles. The first-order valence-corrected chi connectivity index (χ1v) is 14.2. The molecule has 8 nitrogen and oxygen atoms in total. The number of methoxy groups -OCH3 is 2. The number of carbonyl (C=O) groups excluding carboxylic acids is 1. The molecular weight excluding hydrogens is 542 g/mol. The SMILES string of the molecule is CN=C(C(=O)N1CCN2CCC1CC2)c1ccc(OCc2ccc(OC)cc2)c(OCc2ccc(OC)cc2)c1Cl. The van der Waals surface area contributed by atoms with Gasteiger partial charge < -0.3 is 28.7 Å². The van der Waals surface area contributed by atoms with Crippen LogP contribution in [0.15, 0.2) is 65.7 Å². The van der Waals surface area contributed by atoms with Crippen molar-refractivity contribution in [3.63, 3.8) is 0 Å². The molecule has 6 rings (SSSR count). The summed E-state index contributed by atoms with van der Waals surface area (Å²) in [4.78, 5) is 22.7. The van der Waals surface area contributed by atoms with Gasteiger partial charge in [0, 0.05) is 44.8 Å². The predicted octanol–water partition coefficient (Wildman–Crippen LogP) is 5.24. The van der Waals surface area contributed by atoms with Gasteiger partial charge in [0.15, 0.2) is 11.5 Å². The molecule has 3 heterocycles. The Morgan fingerprint density at radius 3 is 1.98 bits per heavy atom. The Labute approximate surface area is 246 Å². The summed E-state index contributed by atoms with van der Waals surface area (Å²) in [5.41, 5.74) is 2.75. The normalized spacial score (nSPS) is 18.5. The first kappa shape index (κ1) is 28.8. The number of hydrogen-bond acceptors (Lipinski definition) is 7. The minimum atomic E-state index is -0.101. The second-order valence-corrected chi connectivity index (χ2v) is 10.5. The molecule has 0 spiro atoms. The van der Waals surface area contributed by atoms with E-state index in [1.54, 1.807) is 33.4 Å². The molecule has 0 unspecified atom stereocenters. The third-order valence-electron chi connectivity index (χ3n) is 7.75. The van der Waals surface area contributed by atoms with Gasteiger partial charge in [-0.15, -0.1) is 0 Å². The van der Waals surface area contributed by atoms with Crippen LogP contribution in [0, 0.1) is 0 Å². The van der Waals surface area contributed by atoms with Gasteiger partial charge in [0.05, 0.1) is 19.2 Å². The summed E-state index contributed by atoms with van der Waals surface area (Å²) in [5.74, 6) is 2.28. The van der Waals surface area contributed by atoms with E-state index in [4.69, 9.17) is 30.5 Å². The van der Waals surface area contributed by atoms with Crippen LogP contribution in [0.4, 0.5) is 0 Å². The van der Waals surface area contributed by atoms with Crippen LogP contribution in [0.1, 0.15) is 29.5 Å². The van der Waals surface area contributed by atoms with E-state index in [0.29, 0.717) is 40.9 Å². The molecule has 216 valence electrons. The summed E-state index contributed by atoms with van der Waals surface area (Å²) in [6.07, 6.45) is 1.95. The van der Waals surface area contributed by atoms with E-state index in [1.807, 2.05) is 53.4 Å². The molecule has 3 aliphatic rings. The number of fused-ring (bicyclic) bond motifs is 4. The number of nitrogens with zero attached hydrogens (tertiary/aromatic N) is 3. The van der Waals surface area contributed by atoms with Crippen LogP contribution in [0.5, 0.6) is 23.0 Å². The van der Waals surface area contributed by atoms with E-state index in [2.05, 4.69) is 9.89 Å². The van der Waals surface area contributed by atoms with Gasteiger partial charge in [-0.1, -0.05) is 35.9 Å². The maximum Gasteiger partial charge on any atom is 0.272 e. The van der Waals surface area contributed by atoms with Crippen LogP contribution < -0.4 is 18.9 Å². The van der Waals surface area contributed by atoms with Gasteiger partial charge in [0.25, 0.3) is 5.91 Å². The number of ether oxygens (including phenoxy) is 4. The molecule has 0 aliphatic carbocycles. The van der Waals surface area contributed by atoms with E-state index in [-0.39, 0.29) is 18.6 Å². The van der Waals surface area contributed by atoms with Gasteiger partial charge >= 0.3 is 0 Å². The minimum absolute atomic E-state index is 0.101. The molecule has 0 aromatic heterocycles. The zero-order valence-corrected chi connectivity index (χ0v) is 24.5. The van der Waals surface area contributed by atoms with Crippen LogP contribution in [0.2, 0.25) is 5.02 Å². The molecule has 9 heteroatoms. The monoisotopic (exact) mass is 577 g/mol. The minimum Gasteiger partial charge on any atom is -0.497 e. The van der Waals surface area contributed by atoms with Gasteiger partial charge in [-0.05, 0) is 60.4 Å². The lowest BCUT2D eigenvalue weighted by Gasteiger charge is -2.31. The van der Waals surface area contributed by atoms with Gasteiger partial charge in [-0.25, -0.2) is 0 Å². The fourth-order valence-electron chi connectivity index (χ4n) is 5.35. The largest absolute Gasteiger partial charge is 0.497 e. The molecule has 3 aromatic rings. The zero-order valence-electron chi connectivity index (χ0n) is 23.8. The summed E-state index contributed by atoms with van der Waals surface area (Å²) < 4.78 is 23.0. The highest BCUT2D eigenvalue weighted by Crippen LogP contribution is 2.39. The zero-order chi connectivity index (χ0) is 28.8. The van der Waals surface area contributed by atoms with Crippen LogP contribution >= 0.6 is 11.6 Å². The van der Waals surface area contributed by atoms with Crippen molar-refractivity contribution in [3.8, 4) is 23.0 Å². The third-order valence-corrected chi connectivity index (χ3v) is 8.13. The highest BCUT2D eigenvalue weighted by molar-refractivity contribution is 6.49. The molecule has 3 fully saturated rings. The number of piperidine rings is 1. The number of carbonyl (C=O) groups is 1. The van der Waals surface area contributed by atoms with E-state index < -0.39 is 0 Å². The van der Waals surface area contributed by atoms with E-state index in [0.717, 1.165) is 55.1 Å². The van der Waals surface area contributed by atoms with Crippen molar-refractivity contribution in [1.29, 1.82) is 0 Å². The predicted molar refractivity (Wildman–Crippen MR) is 160 cm³/mol. The van der Waals surface area contributed by atoms with Crippen molar-refractivity contribution in [1.82, 2.24) is 9.80 Å². The molecule has 0 N–H and O–H groups in total. The molecule has 41 heavy (non-hydrogen) atoms. The fourth-order valence-corrected chi connectivity index (χ4v) is 5.65. The Hall–Kier alpha value is -3.75. The molecule has 2 bridgehead atoms. The van der Waals surface area contributed by atoms with Crippen LogP contribution in [-0.4, -0.2) is 74.9 Å². The average molecular weight is 578 g/mol. The molecule has 1 amide bonds. The van der Waals surface area contributed by atoms with Gasteiger partial charge in [-0.2, -0.15) is 0 Å². The molecular formula is C32H36ClN3O5. The number of rotatable bonds is 10. The molecule has 3 aromatic carbocycles. The van der Waals surface area contributed by atoms with Crippen molar-refractivity contribution < 1.29 is 23.7 Å². The number of halogens is 1. The summed E-state index contributed by atoms with van der Waals surface area (Å²) in [7, 11) is 4.90. The lowest BCUT2D eigenvalue weighted by Crippen LogP contribution is -2.45. The summed E-state index contributed by atoms with van der Waals surface area (Å²) in [6, 6.07) is 19.1. The summed E-state index contributed by atoms with van der Waals surface area (Å²) in [5, 5.41) is 0.294. The molecule has 0 saturated carbocycles. The number of amides is 1. The van der Waals surface area contributed by atoms with E-state index in [9.17, 15) is 4.79 Å². The maximum absolute atomic E-state index is 13.8. The Balaban J connectivity index is 1.42. The van der Waals surface area contributed by atoms with Gasteiger partial charge in [-0.3, -0.25) is 9.79 Å². The number of aliphatic imine (C=N–C) groups is 1. The van der Waals surface area contributed by atoms with Crippen molar-refractivity contribution >= 4 is 23.2 Å². The second kappa shape index (κ2) is 13.3. The highest BCUT2D eigenvalue weighted by atomic mass is 35.5. The lowest BCUT2D eigenvalue weighted by molar-refractivity contribution is -0.126. The topological polar surface area (TPSA) is 72.8 Å². The van der Waals surface area contributed by atoms with Crippen LogP contribution in [0.25, 0.3) is 0 Å². The van der Waals surface area contributed by atoms with Gasteiger partial charge in [0.1, 0.15) is 30.4 Å². The Morgan fingerprint density at radius 1 is 0.829 bits per heavy atom. The Morgan fingerprint density at radius 2 is 1.41 bits per heavy atom. The van der Waals surface area contributed by atoms with Crippen molar-refractivity contribution in [2.75, 3.05) is 47.4 Å². The lowest BCUT2D eigenvalue weighted by atomic mass is 10.0. The van der Waals surface area contributed by atoms with Crippen molar-refractivity contribution in [3.05, 3.63) is 82.4 Å². The number of benzene rings is 3. The third kappa shape index (κ3) is 6.60. The fraction of sp³-hybridized carbons (Fsp3) is 0.375. The molecule has 0 atom stereocenters. The average Bonchev–Trinajstić information content (AvgIpc) is 3.35. The van der Waals surface area contributed by atoms with Crippen LogP contribution in [0.3, 0.4) is 0 Å². The maximum atomic E-state index is 13.8. The molecule has 3 saturated heterocycles. The van der Waals surface area contributed by atoms with Crippen molar-refractivity contribution in [2.45, 2.75) is 32.1 Å². The quantitative estimate of drug-likeness (QED) is 0.307. The van der Waals surface area contributed by atoms with E-state index >= 15 is 0 Å². The standard InChI is InChI=1S/C32H36ClN3O5/c1-34-30(32(37)36-19-18-35-16-14-24(36)15-17-35)27-12-13-28(40-20-22-4-8-25(38-2)9-5-22)31(29(27)33)41-21-23-6-10-26(39-3)11-7-23/h4-13,24H,14-21H2,1-3H3.